The average molecular weight is 356 g/mol. The first-order valence-electron chi connectivity index (χ1n) is 9.17. The van der Waals surface area contributed by atoms with Crippen molar-refractivity contribution >= 4 is 11.9 Å². The fourth-order valence-electron chi connectivity index (χ4n) is 3.77. The molecule has 0 radical (unpaired) electrons. The molecule has 0 fully saturated rings. The predicted molar refractivity (Wildman–Crippen MR) is 97.2 cm³/mol. The van der Waals surface area contributed by atoms with Crippen molar-refractivity contribution < 1.29 is 19.1 Å². The molecular weight excluding hydrogens is 332 g/mol. The molecule has 0 bridgehead atoms. The lowest BCUT2D eigenvalue weighted by molar-refractivity contribution is 0.0635. The Morgan fingerprint density at radius 2 is 2.04 bits per heavy atom. The third-order valence-corrected chi connectivity index (χ3v) is 4.94. The Morgan fingerprint density at radius 1 is 1.31 bits per heavy atom. The molecule has 2 heterocycles. The number of aromatic nitrogens is 1. The lowest BCUT2D eigenvalue weighted by Gasteiger charge is -2.36. The summed E-state index contributed by atoms with van der Waals surface area (Å²) in [6, 6.07) is 3.46. The minimum Gasteiger partial charge on any atom is -0.478 e. The number of rotatable bonds is 7. The molecule has 0 spiro atoms. The highest BCUT2D eigenvalue weighted by Gasteiger charge is 2.32. The highest BCUT2D eigenvalue weighted by molar-refractivity contribution is 6.02. The number of nitrogens with zero attached hydrogens (tertiary/aromatic N) is 2. The quantitative estimate of drug-likeness (QED) is 0.810. The summed E-state index contributed by atoms with van der Waals surface area (Å²) in [4.78, 5) is 30.9. The monoisotopic (exact) mass is 356 g/mol. The van der Waals surface area contributed by atoms with Gasteiger partial charge >= 0.3 is 5.97 Å². The summed E-state index contributed by atoms with van der Waals surface area (Å²) in [5, 5.41) is 9.62. The van der Waals surface area contributed by atoms with Crippen molar-refractivity contribution in [2.24, 2.45) is 0 Å². The van der Waals surface area contributed by atoms with E-state index < -0.39 is 5.97 Å². The molecule has 1 aliphatic rings. The zero-order valence-corrected chi connectivity index (χ0v) is 15.2. The standard InChI is InChI=1S/C20H24N2O4/c1-3-5-14(6-4-2)22-9-7-15-16(19(22)23)11-13(12-17(15)20(24)25)18-21-8-10-26-18/h8,10-12,14H,3-7,9H2,1-2H3,(H,24,25). The van der Waals surface area contributed by atoms with Crippen molar-refractivity contribution in [3.05, 3.63) is 41.3 Å². The Hall–Kier alpha value is -2.63. The third kappa shape index (κ3) is 3.36. The predicted octanol–water partition coefficient (Wildman–Crippen LogP) is 4.01. The van der Waals surface area contributed by atoms with Gasteiger partial charge < -0.3 is 14.4 Å². The summed E-state index contributed by atoms with van der Waals surface area (Å²) in [6.07, 6.45) is 7.43. The summed E-state index contributed by atoms with van der Waals surface area (Å²) in [7, 11) is 0. The van der Waals surface area contributed by atoms with Crippen LogP contribution < -0.4 is 0 Å². The molecule has 0 unspecified atom stereocenters. The second-order valence-electron chi connectivity index (χ2n) is 6.67. The Labute approximate surface area is 152 Å². The maximum absolute atomic E-state index is 13.2. The van der Waals surface area contributed by atoms with E-state index in [4.69, 9.17) is 4.42 Å². The Bertz CT molecular complexity index is 792. The van der Waals surface area contributed by atoms with Crippen molar-refractivity contribution in [2.45, 2.75) is 52.0 Å². The van der Waals surface area contributed by atoms with Gasteiger partial charge in [-0.1, -0.05) is 26.7 Å². The SMILES string of the molecule is CCCC(CCC)N1CCc2c(C(=O)O)cc(-c3ncco3)cc2C1=O. The molecular formula is C20H24N2O4. The van der Waals surface area contributed by atoms with Crippen LogP contribution in [-0.4, -0.2) is 39.5 Å². The van der Waals surface area contributed by atoms with Crippen molar-refractivity contribution in [1.29, 1.82) is 0 Å². The number of carboxylic acids is 1. The number of hydrogen-bond donors (Lipinski definition) is 1. The lowest BCUT2D eigenvalue weighted by Crippen LogP contribution is -2.45. The molecule has 6 nitrogen and oxygen atoms in total. The van der Waals surface area contributed by atoms with Crippen molar-refractivity contribution in [3.8, 4) is 11.5 Å². The van der Waals surface area contributed by atoms with E-state index in [1.54, 1.807) is 12.1 Å². The smallest absolute Gasteiger partial charge is 0.336 e. The molecule has 1 amide bonds. The first kappa shape index (κ1) is 18.2. The van der Waals surface area contributed by atoms with E-state index in [-0.39, 0.29) is 17.5 Å². The van der Waals surface area contributed by atoms with Crippen LogP contribution in [0, 0.1) is 0 Å². The molecule has 0 saturated carbocycles. The molecule has 0 saturated heterocycles. The maximum Gasteiger partial charge on any atom is 0.336 e. The number of carbonyl (C=O) groups excluding carboxylic acids is 1. The van der Waals surface area contributed by atoms with E-state index in [9.17, 15) is 14.7 Å². The van der Waals surface area contributed by atoms with Gasteiger partial charge in [0, 0.05) is 23.7 Å². The van der Waals surface area contributed by atoms with Gasteiger partial charge in [0.15, 0.2) is 0 Å². The van der Waals surface area contributed by atoms with Crippen LogP contribution in [0.2, 0.25) is 0 Å². The summed E-state index contributed by atoms with van der Waals surface area (Å²) in [5.74, 6) is -0.803. The van der Waals surface area contributed by atoms with Crippen LogP contribution in [0.3, 0.4) is 0 Å². The minimum absolute atomic E-state index is 0.0888. The number of carboxylic acid groups (broad SMARTS) is 1. The summed E-state index contributed by atoms with van der Waals surface area (Å²) < 4.78 is 5.30. The van der Waals surface area contributed by atoms with Gasteiger partial charge in [0.2, 0.25) is 5.89 Å². The first-order valence-corrected chi connectivity index (χ1v) is 9.17. The molecule has 2 aromatic rings. The number of fused-ring (bicyclic) bond motifs is 1. The van der Waals surface area contributed by atoms with Crippen LogP contribution in [0.15, 0.2) is 29.0 Å². The van der Waals surface area contributed by atoms with Gasteiger partial charge in [0.1, 0.15) is 6.26 Å². The molecule has 3 rings (SSSR count). The van der Waals surface area contributed by atoms with Crippen LogP contribution in [0.4, 0.5) is 0 Å². The van der Waals surface area contributed by atoms with Crippen LogP contribution in [0.1, 0.15) is 65.8 Å². The topological polar surface area (TPSA) is 83.6 Å². The van der Waals surface area contributed by atoms with Crippen LogP contribution >= 0.6 is 0 Å². The normalized spacial score (nSPS) is 14.0. The van der Waals surface area contributed by atoms with Crippen LogP contribution in [-0.2, 0) is 6.42 Å². The number of carbonyl (C=O) groups is 2. The lowest BCUT2D eigenvalue weighted by atomic mass is 9.89. The number of benzene rings is 1. The number of aromatic carboxylic acids is 1. The fraction of sp³-hybridized carbons (Fsp3) is 0.450. The van der Waals surface area contributed by atoms with Crippen molar-refractivity contribution in [2.75, 3.05) is 6.54 Å². The van der Waals surface area contributed by atoms with Gasteiger partial charge in [-0.2, -0.15) is 0 Å². The van der Waals surface area contributed by atoms with Gasteiger partial charge in [-0.15, -0.1) is 0 Å². The van der Waals surface area contributed by atoms with Crippen LogP contribution in [0.5, 0.6) is 0 Å². The van der Waals surface area contributed by atoms with Gasteiger partial charge in [0.05, 0.1) is 11.8 Å². The summed E-state index contributed by atoms with van der Waals surface area (Å²) in [6.45, 7) is 4.80. The maximum atomic E-state index is 13.2. The molecule has 1 aromatic carbocycles. The highest BCUT2D eigenvalue weighted by Crippen LogP contribution is 2.31. The number of amides is 1. The van der Waals surface area contributed by atoms with E-state index >= 15 is 0 Å². The van der Waals surface area contributed by atoms with E-state index in [2.05, 4.69) is 18.8 Å². The zero-order chi connectivity index (χ0) is 18.7. The van der Waals surface area contributed by atoms with Gasteiger partial charge in [-0.05, 0) is 37.0 Å². The first-order chi connectivity index (χ1) is 12.6. The Balaban J connectivity index is 2.05. The molecule has 26 heavy (non-hydrogen) atoms. The molecule has 6 heteroatoms. The molecule has 138 valence electrons. The van der Waals surface area contributed by atoms with Crippen LogP contribution in [0.25, 0.3) is 11.5 Å². The van der Waals surface area contributed by atoms with E-state index in [1.165, 1.54) is 12.5 Å². The molecule has 0 aliphatic carbocycles. The van der Waals surface area contributed by atoms with Gasteiger partial charge in [-0.25, -0.2) is 9.78 Å². The molecule has 1 N–H and O–H groups in total. The van der Waals surface area contributed by atoms with Gasteiger partial charge in [-0.3, -0.25) is 4.79 Å². The minimum atomic E-state index is -1.03. The fourth-order valence-corrected chi connectivity index (χ4v) is 3.77. The highest BCUT2D eigenvalue weighted by atomic mass is 16.4. The van der Waals surface area contributed by atoms with Crippen molar-refractivity contribution in [1.82, 2.24) is 9.88 Å². The average Bonchev–Trinajstić information content (AvgIpc) is 3.16. The summed E-state index contributed by atoms with van der Waals surface area (Å²) >= 11 is 0. The molecule has 1 aromatic heterocycles. The van der Waals surface area contributed by atoms with E-state index in [0.717, 1.165) is 25.7 Å². The number of oxazole rings is 1. The Morgan fingerprint density at radius 3 is 2.62 bits per heavy atom. The molecule has 0 atom stereocenters. The second kappa shape index (κ2) is 7.72. The zero-order valence-electron chi connectivity index (χ0n) is 15.2. The number of hydrogen-bond acceptors (Lipinski definition) is 4. The van der Waals surface area contributed by atoms with E-state index in [1.807, 2.05) is 4.90 Å². The second-order valence-corrected chi connectivity index (χ2v) is 6.67. The largest absolute Gasteiger partial charge is 0.478 e. The van der Waals surface area contributed by atoms with Crippen molar-refractivity contribution in [3.63, 3.8) is 0 Å². The van der Waals surface area contributed by atoms with Gasteiger partial charge in [0.25, 0.3) is 5.91 Å². The van der Waals surface area contributed by atoms with E-state index in [0.29, 0.717) is 35.5 Å². The summed E-state index contributed by atoms with van der Waals surface area (Å²) in [5.41, 5.74) is 1.75. The third-order valence-electron chi connectivity index (χ3n) is 4.94. The Kier molecular flexibility index (Phi) is 5.40. The molecule has 1 aliphatic heterocycles.